The Hall–Kier alpha value is -0.660. The van der Waals surface area contributed by atoms with Gasteiger partial charge in [0.15, 0.2) is 3.92 Å². The highest BCUT2D eigenvalue weighted by Crippen LogP contribution is 2.19. The molecule has 2 aromatic heterocycles. The Kier molecular flexibility index (Phi) is 3.55. The lowest BCUT2D eigenvalue weighted by molar-refractivity contribution is 0.637. The molecule has 0 aliphatic rings. The maximum atomic E-state index is 5.73. The van der Waals surface area contributed by atoms with Gasteiger partial charge in [0, 0.05) is 12.7 Å². The predicted octanol–water partition coefficient (Wildman–Crippen LogP) is 2.26. The lowest BCUT2D eigenvalue weighted by atomic mass is 10.6. The minimum Gasteiger partial charge on any atom is -0.358 e. The van der Waals surface area contributed by atoms with E-state index < -0.39 is 0 Å². The van der Waals surface area contributed by atoms with E-state index >= 15 is 0 Å². The quantitative estimate of drug-likeness (QED) is 0.941. The van der Waals surface area contributed by atoms with E-state index in [1.165, 1.54) is 11.3 Å². The van der Waals surface area contributed by atoms with Crippen molar-refractivity contribution >= 4 is 44.0 Å². The zero-order valence-corrected chi connectivity index (χ0v) is 10.7. The number of aromatic nitrogens is 4. The maximum absolute atomic E-state index is 5.73. The van der Waals surface area contributed by atoms with E-state index in [0.29, 0.717) is 5.02 Å². The molecule has 0 amide bonds. The van der Waals surface area contributed by atoms with Crippen LogP contribution in [0.25, 0.3) is 0 Å². The summed E-state index contributed by atoms with van der Waals surface area (Å²) in [6, 6.07) is 0. The molecule has 0 aliphatic heterocycles. The SMILES string of the molecule is Clc1cnn(CCNc2nnc(Br)s2)c1. The fourth-order valence-corrected chi connectivity index (χ4v) is 2.21. The van der Waals surface area contributed by atoms with Gasteiger partial charge in [0.2, 0.25) is 5.13 Å². The summed E-state index contributed by atoms with van der Waals surface area (Å²) in [6.45, 7) is 1.48. The molecule has 0 bridgehead atoms. The normalized spacial score (nSPS) is 10.5. The van der Waals surface area contributed by atoms with Crippen molar-refractivity contribution in [1.29, 1.82) is 0 Å². The standard InChI is InChI=1S/C7H7BrClN5S/c8-6-12-13-7(15-6)10-1-2-14-4-5(9)3-11-14/h3-4H,1-2H2,(H,10,13). The topological polar surface area (TPSA) is 55.6 Å². The first-order valence-corrected chi connectivity index (χ1v) is 6.13. The molecule has 0 spiro atoms. The first-order chi connectivity index (χ1) is 7.24. The second kappa shape index (κ2) is 4.91. The number of nitrogens with zero attached hydrogens (tertiary/aromatic N) is 4. The second-order valence-electron chi connectivity index (χ2n) is 2.71. The molecular formula is C7H7BrClN5S. The predicted molar refractivity (Wildman–Crippen MR) is 63.3 cm³/mol. The Morgan fingerprint density at radius 1 is 1.53 bits per heavy atom. The second-order valence-corrected chi connectivity index (χ2v) is 5.40. The Bertz CT molecular complexity index is 402. The molecule has 0 fully saturated rings. The third kappa shape index (κ3) is 3.15. The Labute approximate surface area is 104 Å². The molecule has 1 N–H and O–H groups in total. The molecule has 0 atom stereocenters. The van der Waals surface area contributed by atoms with E-state index in [4.69, 9.17) is 11.6 Å². The lowest BCUT2D eigenvalue weighted by Crippen LogP contribution is -2.10. The Morgan fingerprint density at radius 2 is 2.40 bits per heavy atom. The highest BCUT2D eigenvalue weighted by Gasteiger charge is 2.00. The van der Waals surface area contributed by atoms with Crippen LogP contribution in [0.1, 0.15) is 0 Å². The van der Waals surface area contributed by atoms with Gasteiger partial charge in [0.25, 0.3) is 0 Å². The number of anilines is 1. The maximum Gasteiger partial charge on any atom is 0.206 e. The molecular weight excluding hydrogens is 302 g/mol. The molecule has 2 aromatic rings. The fraction of sp³-hybridized carbons (Fsp3) is 0.286. The van der Waals surface area contributed by atoms with Crippen LogP contribution in [0.2, 0.25) is 5.02 Å². The summed E-state index contributed by atoms with van der Waals surface area (Å²) in [4.78, 5) is 0. The van der Waals surface area contributed by atoms with Crippen molar-refractivity contribution in [2.75, 3.05) is 11.9 Å². The molecule has 0 unspecified atom stereocenters. The van der Waals surface area contributed by atoms with Gasteiger partial charge in [0.05, 0.1) is 17.8 Å². The lowest BCUT2D eigenvalue weighted by Gasteiger charge is -2.01. The summed E-state index contributed by atoms with van der Waals surface area (Å²) in [7, 11) is 0. The van der Waals surface area contributed by atoms with Crippen molar-refractivity contribution in [3.05, 3.63) is 21.3 Å². The van der Waals surface area contributed by atoms with Gasteiger partial charge >= 0.3 is 0 Å². The minimum atomic E-state index is 0.647. The van der Waals surface area contributed by atoms with Crippen LogP contribution >= 0.6 is 38.9 Å². The number of nitrogens with one attached hydrogen (secondary N) is 1. The van der Waals surface area contributed by atoms with Crippen molar-refractivity contribution in [2.24, 2.45) is 0 Å². The molecule has 0 saturated heterocycles. The molecule has 5 nitrogen and oxygen atoms in total. The average molecular weight is 309 g/mol. The van der Waals surface area contributed by atoms with E-state index in [0.717, 1.165) is 22.1 Å². The van der Waals surface area contributed by atoms with Gasteiger partial charge in [-0.3, -0.25) is 4.68 Å². The zero-order valence-electron chi connectivity index (χ0n) is 7.52. The molecule has 15 heavy (non-hydrogen) atoms. The largest absolute Gasteiger partial charge is 0.358 e. The van der Waals surface area contributed by atoms with E-state index in [2.05, 4.69) is 36.5 Å². The number of hydrogen-bond donors (Lipinski definition) is 1. The number of rotatable bonds is 4. The van der Waals surface area contributed by atoms with Gasteiger partial charge in [-0.2, -0.15) is 5.10 Å². The first kappa shape index (κ1) is 10.8. The van der Waals surface area contributed by atoms with Crippen LogP contribution in [-0.2, 0) is 6.54 Å². The molecule has 2 rings (SSSR count). The van der Waals surface area contributed by atoms with Crippen LogP contribution in [-0.4, -0.2) is 26.5 Å². The van der Waals surface area contributed by atoms with Gasteiger partial charge in [-0.25, -0.2) is 0 Å². The highest BCUT2D eigenvalue weighted by atomic mass is 79.9. The number of hydrogen-bond acceptors (Lipinski definition) is 5. The molecule has 2 heterocycles. The van der Waals surface area contributed by atoms with Gasteiger partial charge in [-0.15, -0.1) is 10.2 Å². The van der Waals surface area contributed by atoms with Crippen molar-refractivity contribution in [3.8, 4) is 0 Å². The minimum absolute atomic E-state index is 0.647. The van der Waals surface area contributed by atoms with E-state index in [-0.39, 0.29) is 0 Å². The molecule has 0 aliphatic carbocycles. The molecule has 0 saturated carbocycles. The van der Waals surface area contributed by atoms with Gasteiger partial charge in [0.1, 0.15) is 0 Å². The van der Waals surface area contributed by atoms with E-state index in [1.54, 1.807) is 17.1 Å². The van der Waals surface area contributed by atoms with Crippen LogP contribution in [0.5, 0.6) is 0 Å². The zero-order chi connectivity index (χ0) is 10.7. The first-order valence-electron chi connectivity index (χ1n) is 4.15. The number of halogens is 2. The van der Waals surface area contributed by atoms with Crippen molar-refractivity contribution < 1.29 is 0 Å². The van der Waals surface area contributed by atoms with E-state index in [1.807, 2.05) is 0 Å². The Morgan fingerprint density at radius 3 is 3.00 bits per heavy atom. The van der Waals surface area contributed by atoms with E-state index in [9.17, 15) is 0 Å². The summed E-state index contributed by atoms with van der Waals surface area (Å²) in [6.07, 6.45) is 3.39. The average Bonchev–Trinajstić information content (AvgIpc) is 2.76. The monoisotopic (exact) mass is 307 g/mol. The molecule has 0 aromatic carbocycles. The van der Waals surface area contributed by atoms with Gasteiger partial charge < -0.3 is 5.32 Å². The fourth-order valence-electron chi connectivity index (χ4n) is 1.01. The third-order valence-corrected chi connectivity index (χ3v) is 3.13. The van der Waals surface area contributed by atoms with Gasteiger partial charge in [-0.1, -0.05) is 22.9 Å². The van der Waals surface area contributed by atoms with Crippen molar-refractivity contribution in [3.63, 3.8) is 0 Å². The van der Waals surface area contributed by atoms with Crippen LogP contribution in [0.15, 0.2) is 16.3 Å². The summed E-state index contributed by atoms with van der Waals surface area (Å²) in [5, 5.41) is 16.4. The van der Waals surface area contributed by atoms with Crippen molar-refractivity contribution in [2.45, 2.75) is 6.54 Å². The summed E-state index contributed by atoms with van der Waals surface area (Å²) in [5.41, 5.74) is 0. The van der Waals surface area contributed by atoms with Crippen molar-refractivity contribution in [1.82, 2.24) is 20.0 Å². The summed E-state index contributed by atoms with van der Waals surface area (Å²) >= 11 is 10.4. The Balaban J connectivity index is 1.80. The van der Waals surface area contributed by atoms with Crippen LogP contribution in [0, 0.1) is 0 Å². The summed E-state index contributed by atoms with van der Waals surface area (Å²) in [5.74, 6) is 0. The highest BCUT2D eigenvalue weighted by molar-refractivity contribution is 9.11. The van der Waals surface area contributed by atoms with Crippen LogP contribution in [0.3, 0.4) is 0 Å². The van der Waals surface area contributed by atoms with Gasteiger partial charge in [-0.05, 0) is 15.9 Å². The molecule has 8 heteroatoms. The molecule has 80 valence electrons. The summed E-state index contributed by atoms with van der Waals surface area (Å²) < 4.78 is 2.54. The molecule has 0 radical (unpaired) electrons. The van der Waals surface area contributed by atoms with Crippen LogP contribution < -0.4 is 5.32 Å². The third-order valence-electron chi connectivity index (χ3n) is 1.62. The smallest absolute Gasteiger partial charge is 0.206 e. The van der Waals surface area contributed by atoms with Crippen LogP contribution in [0.4, 0.5) is 5.13 Å².